The number of nitrogens with zero attached hydrogens (tertiary/aromatic N) is 2. The van der Waals surface area contributed by atoms with Crippen LogP contribution in [-0.4, -0.2) is 52.9 Å². The van der Waals surface area contributed by atoms with Crippen LogP contribution in [0.1, 0.15) is 31.7 Å². The molecule has 2 aliphatic rings. The van der Waals surface area contributed by atoms with Crippen LogP contribution in [0, 0.1) is 11.2 Å². The van der Waals surface area contributed by atoms with Gasteiger partial charge in [0.05, 0.1) is 5.69 Å². The first-order valence-electron chi connectivity index (χ1n) is 11.6. The van der Waals surface area contributed by atoms with E-state index in [2.05, 4.69) is 15.5 Å². The Bertz CT molecular complexity index is 1160. The number of rotatable bonds is 4. The number of benzene rings is 2. The maximum Gasteiger partial charge on any atom is 0.246 e. The lowest BCUT2D eigenvalue weighted by Crippen LogP contribution is -2.46. The first-order chi connectivity index (χ1) is 16.7. The lowest BCUT2D eigenvalue weighted by molar-refractivity contribution is -0.125. The largest absolute Gasteiger partial charge is 0.349 e. The summed E-state index contributed by atoms with van der Waals surface area (Å²) in [4.78, 5) is 28.3. The zero-order valence-corrected chi connectivity index (χ0v) is 21.1. The number of para-hydroxylation sites is 1. The molecule has 184 valence electrons. The number of carbonyl (C=O) groups is 2. The van der Waals surface area contributed by atoms with Gasteiger partial charge >= 0.3 is 0 Å². The molecule has 0 atom stereocenters. The van der Waals surface area contributed by atoms with E-state index in [4.69, 9.17) is 23.8 Å². The molecule has 2 aliphatic heterocycles. The number of anilines is 2. The van der Waals surface area contributed by atoms with Crippen molar-refractivity contribution in [1.82, 2.24) is 9.80 Å². The highest BCUT2D eigenvalue weighted by Gasteiger charge is 2.42. The minimum Gasteiger partial charge on any atom is -0.349 e. The van der Waals surface area contributed by atoms with E-state index in [1.54, 1.807) is 48.6 Å². The molecule has 4 rings (SSSR count). The molecule has 0 radical (unpaired) electrons. The standard InChI is InChI=1S/C26H28ClFN4O2S/c1-18(33)29-23-16-20(27)8-6-19(23)7-9-24(34)32-15-12-26(17-32)10-13-31(14-11-26)25(35)30-22-5-3-2-4-21(22)28/h2-9,16H,10-15,17H2,1H3,(H,29,33)(H,30,35). The monoisotopic (exact) mass is 514 g/mol. The van der Waals surface area contributed by atoms with Crippen molar-refractivity contribution < 1.29 is 14.0 Å². The molecule has 2 amide bonds. The lowest BCUT2D eigenvalue weighted by Gasteiger charge is -2.40. The first kappa shape index (κ1) is 25.1. The summed E-state index contributed by atoms with van der Waals surface area (Å²) >= 11 is 11.6. The molecule has 0 aliphatic carbocycles. The number of amides is 2. The number of nitrogens with one attached hydrogen (secondary N) is 2. The Morgan fingerprint density at radius 2 is 1.71 bits per heavy atom. The molecule has 6 nitrogen and oxygen atoms in total. The van der Waals surface area contributed by atoms with E-state index < -0.39 is 0 Å². The molecule has 0 aromatic heterocycles. The van der Waals surface area contributed by atoms with Gasteiger partial charge in [-0.25, -0.2) is 4.39 Å². The second-order valence-corrected chi connectivity index (χ2v) is 9.98. The van der Waals surface area contributed by atoms with E-state index in [-0.39, 0.29) is 23.0 Å². The molecule has 2 aromatic rings. The summed E-state index contributed by atoms with van der Waals surface area (Å²) in [5.74, 6) is -0.585. The van der Waals surface area contributed by atoms with Crippen molar-refractivity contribution >= 4 is 58.2 Å². The normalized spacial score (nSPS) is 17.1. The minimum absolute atomic E-state index is 0.0511. The Balaban J connectivity index is 1.32. The second kappa shape index (κ2) is 10.7. The zero-order valence-electron chi connectivity index (χ0n) is 19.5. The number of hydrogen-bond acceptors (Lipinski definition) is 3. The van der Waals surface area contributed by atoms with E-state index in [0.717, 1.165) is 37.9 Å². The Labute approximate surface area is 215 Å². The van der Waals surface area contributed by atoms with Crippen molar-refractivity contribution in [2.75, 3.05) is 36.8 Å². The van der Waals surface area contributed by atoms with Gasteiger partial charge in [-0.3, -0.25) is 9.59 Å². The summed E-state index contributed by atoms with van der Waals surface area (Å²) in [5, 5.41) is 6.79. The van der Waals surface area contributed by atoms with Gasteiger partial charge in [-0.05, 0) is 72.8 Å². The van der Waals surface area contributed by atoms with Crippen LogP contribution >= 0.6 is 23.8 Å². The molecular formula is C26H28ClFN4O2S. The fourth-order valence-electron chi connectivity index (χ4n) is 4.71. The molecule has 2 aromatic carbocycles. The van der Waals surface area contributed by atoms with Crippen LogP contribution in [0.25, 0.3) is 6.08 Å². The fourth-order valence-corrected chi connectivity index (χ4v) is 5.18. The average Bonchev–Trinajstić information content (AvgIpc) is 3.23. The molecule has 35 heavy (non-hydrogen) atoms. The Hall–Kier alpha value is -2.97. The van der Waals surface area contributed by atoms with Crippen molar-refractivity contribution in [3.05, 3.63) is 64.9 Å². The number of likely N-dealkylation sites (tertiary alicyclic amines) is 2. The Morgan fingerprint density at radius 1 is 1.03 bits per heavy atom. The third kappa shape index (κ3) is 6.18. The number of halogens is 2. The zero-order chi connectivity index (χ0) is 25.0. The quantitative estimate of drug-likeness (QED) is 0.436. The van der Waals surface area contributed by atoms with Crippen LogP contribution in [0.4, 0.5) is 15.8 Å². The van der Waals surface area contributed by atoms with E-state index in [1.807, 2.05) is 4.90 Å². The van der Waals surface area contributed by atoms with Gasteiger partial charge < -0.3 is 20.4 Å². The van der Waals surface area contributed by atoms with Gasteiger partial charge in [0.15, 0.2) is 5.11 Å². The van der Waals surface area contributed by atoms with Gasteiger partial charge in [0.2, 0.25) is 11.8 Å². The van der Waals surface area contributed by atoms with E-state index in [0.29, 0.717) is 34.6 Å². The molecule has 1 spiro atoms. The summed E-state index contributed by atoms with van der Waals surface area (Å²) < 4.78 is 13.9. The van der Waals surface area contributed by atoms with Gasteiger partial charge in [0.25, 0.3) is 0 Å². The molecule has 2 fully saturated rings. The first-order valence-corrected chi connectivity index (χ1v) is 12.4. The van der Waals surface area contributed by atoms with E-state index in [9.17, 15) is 14.0 Å². The topological polar surface area (TPSA) is 64.7 Å². The van der Waals surface area contributed by atoms with Crippen molar-refractivity contribution in [2.45, 2.75) is 26.2 Å². The van der Waals surface area contributed by atoms with Crippen LogP contribution in [0.15, 0.2) is 48.5 Å². The summed E-state index contributed by atoms with van der Waals surface area (Å²) in [6, 6.07) is 11.7. The number of piperidine rings is 1. The van der Waals surface area contributed by atoms with Gasteiger partial charge in [-0.1, -0.05) is 29.8 Å². The van der Waals surface area contributed by atoms with Crippen molar-refractivity contribution in [3.8, 4) is 0 Å². The fraction of sp³-hybridized carbons (Fsp3) is 0.346. The van der Waals surface area contributed by atoms with Crippen LogP contribution in [0.3, 0.4) is 0 Å². The third-order valence-electron chi connectivity index (χ3n) is 6.71. The highest BCUT2D eigenvalue weighted by atomic mass is 35.5. The number of hydrogen-bond donors (Lipinski definition) is 2. The predicted molar refractivity (Wildman–Crippen MR) is 142 cm³/mol. The number of thiocarbonyl (C=S) groups is 1. The van der Waals surface area contributed by atoms with Crippen molar-refractivity contribution in [2.24, 2.45) is 5.41 Å². The van der Waals surface area contributed by atoms with Gasteiger partial charge in [0.1, 0.15) is 5.82 Å². The summed E-state index contributed by atoms with van der Waals surface area (Å²) in [7, 11) is 0. The highest BCUT2D eigenvalue weighted by Crippen LogP contribution is 2.40. The maximum atomic E-state index is 13.9. The predicted octanol–water partition coefficient (Wildman–Crippen LogP) is 5.16. The molecule has 0 unspecified atom stereocenters. The molecule has 9 heteroatoms. The smallest absolute Gasteiger partial charge is 0.246 e. The van der Waals surface area contributed by atoms with E-state index >= 15 is 0 Å². The molecule has 2 N–H and O–H groups in total. The number of carbonyl (C=O) groups excluding carboxylic acids is 2. The van der Waals surface area contributed by atoms with Crippen molar-refractivity contribution in [1.29, 1.82) is 0 Å². The Morgan fingerprint density at radius 3 is 2.40 bits per heavy atom. The molecule has 0 bridgehead atoms. The SMILES string of the molecule is CC(=O)Nc1cc(Cl)ccc1C=CC(=O)N1CCC2(CCN(C(=S)Nc3ccccc3F)CC2)C1. The summed E-state index contributed by atoms with van der Waals surface area (Å²) in [6.07, 6.45) is 6.05. The van der Waals surface area contributed by atoms with Crippen LogP contribution < -0.4 is 10.6 Å². The van der Waals surface area contributed by atoms with Crippen molar-refractivity contribution in [3.63, 3.8) is 0 Å². The second-order valence-electron chi connectivity index (χ2n) is 9.15. The Kier molecular flexibility index (Phi) is 7.72. The van der Waals surface area contributed by atoms with Gasteiger partial charge in [-0.15, -0.1) is 0 Å². The minimum atomic E-state index is -0.330. The van der Waals surface area contributed by atoms with Crippen LogP contribution in [-0.2, 0) is 9.59 Å². The molecular weight excluding hydrogens is 487 g/mol. The van der Waals surface area contributed by atoms with Gasteiger partial charge in [-0.2, -0.15) is 0 Å². The molecule has 2 heterocycles. The van der Waals surface area contributed by atoms with Gasteiger partial charge in [0, 0.05) is 49.9 Å². The van der Waals surface area contributed by atoms with E-state index in [1.165, 1.54) is 13.0 Å². The summed E-state index contributed by atoms with van der Waals surface area (Å²) in [5.41, 5.74) is 1.75. The summed E-state index contributed by atoms with van der Waals surface area (Å²) in [6.45, 7) is 4.38. The average molecular weight is 515 g/mol. The molecule has 0 saturated carbocycles. The van der Waals surface area contributed by atoms with Crippen LogP contribution in [0.2, 0.25) is 5.02 Å². The highest BCUT2D eigenvalue weighted by molar-refractivity contribution is 7.80. The third-order valence-corrected chi connectivity index (χ3v) is 7.30. The lowest BCUT2D eigenvalue weighted by atomic mass is 9.78. The van der Waals surface area contributed by atoms with Crippen LogP contribution in [0.5, 0.6) is 0 Å². The maximum absolute atomic E-state index is 13.9. The molecule has 2 saturated heterocycles.